The molecule has 1 saturated heterocycles. The first-order valence-electron chi connectivity index (χ1n) is 5.20. The van der Waals surface area contributed by atoms with Crippen molar-refractivity contribution in [2.24, 2.45) is 0 Å². The highest BCUT2D eigenvalue weighted by Crippen LogP contribution is 2.38. The van der Waals surface area contributed by atoms with E-state index in [4.69, 9.17) is 0 Å². The number of carbonyl (C=O) groups excluding carboxylic acids is 1. The number of carbonyl (C=O) groups is 1. The molecule has 20 heavy (non-hydrogen) atoms. The number of alkyl carbamates (subject to hydrolysis) is 1. The minimum atomic E-state index is -3.64. The van der Waals surface area contributed by atoms with E-state index in [0.717, 1.165) is 19.2 Å². The molecule has 9 heteroatoms. The first kappa shape index (κ1) is 16.4. The van der Waals surface area contributed by atoms with Crippen LogP contribution in [0.15, 0.2) is 12.1 Å². The third-order valence-electron chi connectivity index (χ3n) is 2.68. The summed E-state index contributed by atoms with van der Waals surface area (Å²) in [6.07, 6.45) is -1.17. The number of amides is 1. The number of rotatable bonds is 2. The van der Waals surface area contributed by atoms with Crippen LogP contribution in [0.4, 0.5) is 22.4 Å². The minimum Gasteiger partial charge on any atom is -0.494 e. The van der Waals surface area contributed by atoms with E-state index < -0.39 is 47.6 Å². The Bertz CT molecular complexity index is 527. The van der Waals surface area contributed by atoms with E-state index in [0.29, 0.717) is 0 Å². The highest BCUT2D eigenvalue weighted by Gasteiger charge is 2.49. The molecule has 0 spiro atoms. The zero-order chi connectivity index (χ0) is 14.2. The number of halogens is 5. The minimum absolute atomic E-state index is 0. The molecule has 1 N–H and O–H groups in total. The van der Waals surface area contributed by atoms with Gasteiger partial charge in [-0.1, -0.05) is 0 Å². The van der Waals surface area contributed by atoms with Gasteiger partial charge in [-0.25, -0.2) is 22.4 Å². The van der Waals surface area contributed by atoms with Gasteiger partial charge in [-0.2, -0.15) is 0 Å². The average Bonchev–Trinajstić information content (AvgIpc) is 2.34. The van der Waals surface area contributed by atoms with Crippen LogP contribution >= 0.6 is 12.4 Å². The van der Waals surface area contributed by atoms with Crippen LogP contribution in [0, 0.1) is 11.6 Å². The van der Waals surface area contributed by atoms with Crippen LogP contribution in [-0.4, -0.2) is 25.7 Å². The van der Waals surface area contributed by atoms with Crippen LogP contribution in [0.2, 0.25) is 0 Å². The number of methoxy groups -OCH3 is 1. The summed E-state index contributed by atoms with van der Waals surface area (Å²) >= 11 is 0. The maximum atomic E-state index is 13.9. The highest BCUT2D eigenvalue weighted by atomic mass is 35.5. The van der Waals surface area contributed by atoms with Crippen molar-refractivity contribution in [1.29, 1.82) is 0 Å². The van der Waals surface area contributed by atoms with Gasteiger partial charge >= 0.3 is 12.0 Å². The molecule has 1 fully saturated rings. The maximum absolute atomic E-state index is 13.9. The van der Waals surface area contributed by atoms with Crippen molar-refractivity contribution in [3.8, 4) is 5.75 Å². The first-order chi connectivity index (χ1) is 8.86. The smallest absolute Gasteiger partial charge is 0.408 e. The lowest BCUT2D eigenvalue weighted by molar-refractivity contribution is -0.105. The molecule has 0 aromatic heterocycles. The van der Waals surface area contributed by atoms with Crippen molar-refractivity contribution >= 4 is 18.5 Å². The van der Waals surface area contributed by atoms with Crippen LogP contribution in [0.3, 0.4) is 0 Å². The van der Waals surface area contributed by atoms with E-state index in [2.05, 4.69) is 9.47 Å². The van der Waals surface area contributed by atoms with Gasteiger partial charge in [-0.3, -0.25) is 0 Å². The summed E-state index contributed by atoms with van der Waals surface area (Å²) in [5.41, 5.74) is -0.957. The summed E-state index contributed by atoms with van der Waals surface area (Å²) in [4.78, 5) is 11.0. The molecule has 4 nitrogen and oxygen atoms in total. The Kier molecular flexibility index (Phi) is 4.69. The highest BCUT2D eigenvalue weighted by molar-refractivity contribution is 5.85. The van der Waals surface area contributed by atoms with Crippen LogP contribution < -0.4 is 10.1 Å². The Morgan fingerprint density at radius 3 is 2.65 bits per heavy atom. The summed E-state index contributed by atoms with van der Waals surface area (Å²) in [6, 6.07) is -0.397. The van der Waals surface area contributed by atoms with Gasteiger partial charge in [0.2, 0.25) is 0 Å². The zero-order valence-electron chi connectivity index (χ0n) is 10.1. The predicted octanol–water partition coefficient (Wildman–Crippen LogP) is 2.81. The van der Waals surface area contributed by atoms with E-state index in [-0.39, 0.29) is 12.4 Å². The standard InChI is InChI=1S/C11H9F4NO3.ClH/c1-18-6-3-2-5(12)7(8(6)13)9-11(14,15)4-19-10(17)16-9;/h2-3,9H,4H2,1H3,(H,16,17);1H/t9-;/m0./s1. The van der Waals surface area contributed by atoms with Crippen molar-refractivity contribution in [3.63, 3.8) is 0 Å². The lowest BCUT2D eigenvalue weighted by atomic mass is 9.98. The second-order valence-corrected chi connectivity index (χ2v) is 3.89. The Morgan fingerprint density at radius 1 is 1.40 bits per heavy atom. The molecule has 1 aliphatic heterocycles. The Hall–Kier alpha value is -1.70. The van der Waals surface area contributed by atoms with Crippen molar-refractivity contribution in [3.05, 3.63) is 29.3 Å². The molecule has 2 rings (SSSR count). The number of alkyl halides is 2. The lowest BCUT2D eigenvalue weighted by Gasteiger charge is -2.32. The molecular weight excluding hydrogens is 306 g/mol. The third-order valence-corrected chi connectivity index (χ3v) is 2.68. The van der Waals surface area contributed by atoms with Gasteiger partial charge in [-0.15, -0.1) is 12.4 Å². The van der Waals surface area contributed by atoms with Crippen molar-refractivity contribution < 1.29 is 31.8 Å². The van der Waals surface area contributed by atoms with E-state index in [1.807, 2.05) is 0 Å². The Balaban J connectivity index is 0.00000200. The quantitative estimate of drug-likeness (QED) is 0.854. The van der Waals surface area contributed by atoms with Crippen molar-refractivity contribution in [1.82, 2.24) is 5.32 Å². The number of nitrogens with one attached hydrogen (secondary N) is 1. The lowest BCUT2D eigenvalue weighted by Crippen LogP contribution is -2.50. The van der Waals surface area contributed by atoms with Gasteiger partial charge < -0.3 is 14.8 Å². The fourth-order valence-electron chi connectivity index (χ4n) is 1.77. The number of hydrogen-bond acceptors (Lipinski definition) is 3. The summed E-state index contributed by atoms with van der Waals surface area (Å²) < 4.78 is 63.4. The molecule has 1 atom stereocenters. The summed E-state index contributed by atoms with van der Waals surface area (Å²) in [7, 11) is 1.11. The first-order valence-corrected chi connectivity index (χ1v) is 5.20. The molecule has 0 bridgehead atoms. The van der Waals surface area contributed by atoms with Gasteiger partial charge in [0, 0.05) is 0 Å². The monoisotopic (exact) mass is 315 g/mol. The molecular formula is C11H10ClF4NO3. The molecule has 1 heterocycles. The van der Waals surface area contributed by atoms with Gasteiger partial charge in [0.05, 0.1) is 12.7 Å². The molecule has 1 amide bonds. The van der Waals surface area contributed by atoms with Gasteiger partial charge in [0.1, 0.15) is 11.9 Å². The van der Waals surface area contributed by atoms with Crippen LogP contribution in [0.1, 0.15) is 11.6 Å². The number of hydrogen-bond donors (Lipinski definition) is 1. The van der Waals surface area contributed by atoms with Gasteiger partial charge in [0.25, 0.3) is 0 Å². The van der Waals surface area contributed by atoms with Gasteiger partial charge in [-0.05, 0) is 12.1 Å². The molecule has 0 aliphatic carbocycles. The van der Waals surface area contributed by atoms with Crippen molar-refractivity contribution in [2.45, 2.75) is 12.0 Å². The molecule has 0 unspecified atom stereocenters. The molecule has 1 aromatic rings. The second kappa shape index (κ2) is 5.74. The summed E-state index contributed by atoms with van der Waals surface area (Å²) in [6.45, 7) is -1.25. The van der Waals surface area contributed by atoms with Crippen LogP contribution in [-0.2, 0) is 4.74 Å². The Morgan fingerprint density at radius 2 is 2.05 bits per heavy atom. The van der Waals surface area contributed by atoms with E-state index >= 15 is 0 Å². The molecule has 0 radical (unpaired) electrons. The Labute approximate surface area is 117 Å². The molecule has 112 valence electrons. The second-order valence-electron chi connectivity index (χ2n) is 3.89. The number of cyclic esters (lactones) is 1. The molecule has 1 aliphatic rings. The zero-order valence-corrected chi connectivity index (χ0v) is 10.9. The largest absolute Gasteiger partial charge is 0.494 e. The SMILES string of the molecule is COc1ccc(F)c([C@@H]2NC(=O)OCC2(F)F)c1F.Cl. The van der Waals surface area contributed by atoms with E-state index in [1.165, 1.54) is 0 Å². The topological polar surface area (TPSA) is 47.6 Å². The number of ether oxygens (including phenoxy) is 2. The number of benzene rings is 1. The molecule has 0 saturated carbocycles. The van der Waals surface area contributed by atoms with E-state index in [1.54, 1.807) is 5.32 Å². The average molecular weight is 316 g/mol. The summed E-state index contributed by atoms with van der Waals surface area (Å²) in [5, 5.41) is 1.71. The summed E-state index contributed by atoms with van der Waals surface area (Å²) in [5.74, 6) is -6.52. The van der Waals surface area contributed by atoms with Crippen molar-refractivity contribution in [2.75, 3.05) is 13.7 Å². The fraction of sp³-hybridized carbons (Fsp3) is 0.364. The fourth-order valence-corrected chi connectivity index (χ4v) is 1.77. The van der Waals surface area contributed by atoms with Crippen LogP contribution in [0.25, 0.3) is 0 Å². The molecule has 1 aromatic carbocycles. The maximum Gasteiger partial charge on any atom is 0.408 e. The normalized spacial score (nSPS) is 20.4. The van der Waals surface area contributed by atoms with Gasteiger partial charge in [0.15, 0.2) is 18.2 Å². The third kappa shape index (κ3) is 2.74. The van der Waals surface area contributed by atoms with E-state index in [9.17, 15) is 22.4 Å². The predicted molar refractivity (Wildman–Crippen MR) is 62.3 cm³/mol. The van der Waals surface area contributed by atoms with Crippen LogP contribution in [0.5, 0.6) is 5.75 Å².